The largest absolute Gasteiger partial charge is 0.307 e. The van der Waals surface area contributed by atoms with Crippen molar-refractivity contribution in [2.24, 2.45) is 0 Å². The molecular weight excluding hydrogens is 258 g/mol. The first-order valence-electron chi connectivity index (χ1n) is 7.01. The third-order valence-corrected chi connectivity index (χ3v) is 6.31. The van der Waals surface area contributed by atoms with E-state index in [9.17, 15) is 8.42 Å². The van der Waals surface area contributed by atoms with Gasteiger partial charge in [-0.05, 0) is 43.7 Å². The number of benzene rings is 1. The summed E-state index contributed by atoms with van der Waals surface area (Å²) in [5.41, 5.74) is 2.64. The van der Waals surface area contributed by atoms with Crippen LogP contribution in [0.15, 0.2) is 24.3 Å². The van der Waals surface area contributed by atoms with E-state index in [1.54, 1.807) is 0 Å². The van der Waals surface area contributed by atoms with Crippen LogP contribution < -0.4 is 5.32 Å². The van der Waals surface area contributed by atoms with Gasteiger partial charge >= 0.3 is 0 Å². The summed E-state index contributed by atoms with van der Waals surface area (Å²) >= 11 is 0. The normalized spacial score (nSPS) is 33.0. The molecule has 4 heteroatoms. The molecule has 3 rings (SSSR count). The van der Waals surface area contributed by atoms with Crippen LogP contribution in [0.3, 0.4) is 0 Å². The number of nitrogens with one attached hydrogen (secondary N) is 1. The summed E-state index contributed by atoms with van der Waals surface area (Å²) in [6, 6.07) is 8.98. The second-order valence-electron chi connectivity index (χ2n) is 6.26. The third kappa shape index (κ3) is 2.84. The number of hydrogen-bond donors (Lipinski definition) is 1. The molecule has 2 unspecified atom stereocenters. The van der Waals surface area contributed by atoms with Crippen LogP contribution in [0.2, 0.25) is 0 Å². The van der Waals surface area contributed by atoms with Gasteiger partial charge in [0, 0.05) is 11.6 Å². The maximum atomic E-state index is 11.6. The molecule has 1 aromatic rings. The Morgan fingerprint density at radius 3 is 2.68 bits per heavy atom. The molecule has 19 heavy (non-hydrogen) atoms. The van der Waals surface area contributed by atoms with E-state index in [1.807, 2.05) is 0 Å². The van der Waals surface area contributed by atoms with Crippen LogP contribution in [-0.4, -0.2) is 31.5 Å². The quantitative estimate of drug-likeness (QED) is 0.896. The van der Waals surface area contributed by atoms with Crippen molar-refractivity contribution in [3.8, 4) is 0 Å². The maximum absolute atomic E-state index is 11.6. The molecule has 1 heterocycles. The average molecular weight is 279 g/mol. The molecule has 104 valence electrons. The highest BCUT2D eigenvalue weighted by Crippen LogP contribution is 2.27. The van der Waals surface area contributed by atoms with Gasteiger partial charge < -0.3 is 5.32 Å². The molecule has 2 atom stereocenters. The SMILES string of the molecule is CC1(NC2CCc3ccccc3C2)CCS(=O)(=O)C1. The standard InChI is InChI=1S/C15H21NO2S/c1-15(8-9-19(17,18)11-15)16-14-7-6-12-4-2-3-5-13(12)10-14/h2-5,14,16H,6-11H2,1H3. The lowest BCUT2D eigenvalue weighted by Gasteiger charge is -2.33. The molecule has 1 N–H and O–H groups in total. The highest BCUT2D eigenvalue weighted by Gasteiger charge is 2.39. The fourth-order valence-electron chi connectivity index (χ4n) is 3.44. The Kier molecular flexibility index (Phi) is 3.18. The van der Waals surface area contributed by atoms with Crippen molar-refractivity contribution in [3.05, 3.63) is 35.4 Å². The molecule has 0 aromatic heterocycles. The molecule has 0 spiro atoms. The number of sulfone groups is 1. The Bertz CT molecular complexity index is 582. The first-order chi connectivity index (χ1) is 8.96. The fourth-order valence-corrected chi connectivity index (χ4v) is 5.54. The van der Waals surface area contributed by atoms with Gasteiger partial charge in [0.2, 0.25) is 0 Å². The predicted octanol–water partition coefficient (Wildman–Crippen LogP) is 1.71. The molecule has 3 nitrogen and oxygen atoms in total. The second-order valence-corrected chi connectivity index (χ2v) is 8.44. The fraction of sp³-hybridized carbons (Fsp3) is 0.600. The van der Waals surface area contributed by atoms with Crippen LogP contribution >= 0.6 is 0 Å². The molecule has 2 aliphatic rings. The smallest absolute Gasteiger partial charge is 0.152 e. The Balaban J connectivity index is 1.70. The van der Waals surface area contributed by atoms with Crippen molar-refractivity contribution in [1.29, 1.82) is 0 Å². The summed E-state index contributed by atoms with van der Waals surface area (Å²) in [6.07, 6.45) is 3.96. The van der Waals surface area contributed by atoms with Crippen molar-refractivity contribution >= 4 is 9.84 Å². The van der Waals surface area contributed by atoms with Crippen LogP contribution in [0.4, 0.5) is 0 Å². The van der Waals surface area contributed by atoms with E-state index in [0.717, 1.165) is 25.7 Å². The minimum atomic E-state index is -2.83. The molecule has 0 bridgehead atoms. The van der Waals surface area contributed by atoms with E-state index in [1.165, 1.54) is 11.1 Å². The topological polar surface area (TPSA) is 46.2 Å². The first kappa shape index (κ1) is 13.1. The third-order valence-electron chi connectivity index (χ3n) is 4.40. The van der Waals surface area contributed by atoms with Gasteiger partial charge in [-0.1, -0.05) is 24.3 Å². The van der Waals surface area contributed by atoms with E-state index in [4.69, 9.17) is 0 Å². The Morgan fingerprint density at radius 1 is 1.26 bits per heavy atom. The van der Waals surface area contributed by atoms with Crippen LogP contribution in [-0.2, 0) is 22.7 Å². The van der Waals surface area contributed by atoms with Crippen molar-refractivity contribution in [2.45, 2.75) is 44.2 Å². The molecule has 1 fully saturated rings. The van der Waals surface area contributed by atoms with E-state index in [2.05, 4.69) is 36.5 Å². The summed E-state index contributed by atoms with van der Waals surface area (Å²) in [4.78, 5) is 0. The van der Waals surface area contributed by atoms with Gasteiger partial charge in [0.05, 0.1) is 11.5 Å². The van der Waals surface area contributed by atoms with Gasteiger partial charge in [-0.3, -0.25) is 0 Å². The molecule has 0 saturated carbocycles. The minimum absolute atomic E-state index is 0.226. The van der Waals surface area contributed by atoms with Gasteiger partial charge in [-0.2, -0.15) is 0 Å². The van der Waals surface area contributed by atoms with Crippen LogP contribution in [0.25, 0.3) is 0 Å². The zero-order chi connectivity index (χ0) is 13.5. The monoisotopic (exact) mass is 279 g/mol. The lowest BCUT2D eigenvalue weighted by Crippen LogP contribution is -2.50. The summed E-state index contributed by atoms with van der Waals surface area (Å²) in [5, 5.41) is 3.61. The summed E-state index contributed by atoms with van der Waals surface area (Å²) in [6.45, 7) is 2.05. The Morgan fingerprint density at radius 2 is 2.00 bits per heavy atom. The summed E-state index contributed by atoms with van der Waals surface area (Å²) < 4.78 is 23.3. The number of fused-ring (bicyclic) bond motifs is 1. The van der Waals surface area contributed by atoms with E-state index in [-0.39, 0.29) is 11.3 Å². The van der Waals surface area contributed by atoms with Gasteiger partial charge in [-0.15, -0.1) is 0 Å². The minimum Gasteiger partial charge on any atom is -0.307 e. The first-order valence-corrected chi connectivity index (χ1v) is 8.83. The molecule has 0 amide bonds. The van der Waals surface area contributed by atoms with Crippen molar-refractivity contribution < 1.29 is 8.42 Å². The highest BCUT2D eigenvalue weighted by molar-refractivity contribution is 7.91. The highest BCUT2D eigenvalue weighted by atomic mass is 32.2. The van der Waals surface area contributed by atoms with Gasteiger partial charge in [0.25, 0.3) is 0 Å². The molecule has 1 aliphatic heterocycles. The van der Waals surface area contributed by atoms with E-state index < -0.39 is 9.84 Å². The van der Waals surface area contributed by atoms with Crippen LogP contribution in [0.1, 0.15) is 30.9 Å². The van der Waals surface area contributed by atoms with E-state index in [0.29, 0.717) is 11.8 Å². The lowest BCUT2D eigenvalue weighted by molar-refractivity contribution is 0.319. The average Bonchev–Trinajstić information content (AvgIpc) is 2.63. The summed E-state index contributed by atoms with van der Waals surface area (Å²) in [7, 11) is -2.83. The zero-order valence-corrected chi connectivity index (χ0v) is 12.2. The van der Waals surface area contributed by atoms with Gasteiger partial charge in [0.15, 0.2) is 9.84 Å². The maximum Gasteiger partial charge on any atom is 0.152 e. The van der Waals surface area contributed by atoms with E-state index >= 15 is 0 Å². The van der Waals surface area contributed by atoms with Crippen molar-refractivity contribution in [1.82, 2.24) is 5.32 Å². The number of hydrogen-bond acceptors (Lipinski definition) is 3. The van der Waals surface area contributed by atoms with Crippen molar-refractivity contribution in [2.75, 3.05) is 11.5 Å². The molecular formula is C15H21NO2S. The van der Waals surface area contributed by atoms with Gasteiger partial charge in [0.1, 0.15) is 0 Å². The van der Waals surface area contributed by atoms with Crippen molar-refractivity contribution in [3.63, 3.8) is 0 Å². The summed E-state index contributed by atoms with van der Waals surface area (Å²) in [5.74, 6) is 0.623. The molecule has 1 aliphatic carbocycles. The molecule has 1 saturated heterocycles. The van der Waals surface area contributed by atoms with Crippen LogP contribution in [0, 0.1) is 0 Å². The predicted molar refractivity (Wildman–Crippen MR) is 77.1 cm³/mol. The Hall–Kier alpha value is -0.870. The zero-order valence-electron chi connectivity index (χ0n) is 11.4. The number of aryl methyl sites for hydroxylation is 1. The van der Waals surface area contributed by atoms with Gasteiger partial charge in [-0.25, -0.2) is 8.42 Å². The number of rotatable bonds is 2. The second kappa shape index (κ2) is 4.60. The molecule has 1 aromatic carbocycles. The lowest BCUT2D eigenvalue weighted by atomic mass is 9.86. The molecule has 0 radical (unpaired) electrons. The Labute approximate surface area is 115 Å². The van der Waals surface area contributed by atoms with Crippen LogP contribution in [0.5, 0.6) is 0 Å².